The summed E-state index contributed by atoms with van der Waals surface area (Å²) in [4.78, 5) is 0. The summed E-state index contributed by atoms with van der Waals surface area (Å²) in [5.41, 5.74) is 8.71. The van der Waals surface area contributed by atoms with Crippen molar-refractivity contribution in [3.63, 3.8) is 0 Å². The quantitative estimate of drug-likeness (QED) is 0.856. The van der Waals surface area contributed by atoms with Gasteiger partial charge in [0.05, 0.1) is 6.10 Å². The van der Waals surface area contributed by atoms with Crippen molar-refractivity contribution >= 4 is 0 Å². The van der Waals surface area contributed by atoms with E-state index in [0.29, 0.717) is 0 Å². The van der Waals surface area contributed by atoms with Crippen LogP contribution in [0.1, 0.15) is 37.4 Å². The lowest BCUT2D eigenvalue weighted by molar-refractivity contribution is 0.242. The molecule has 0 radical (unpaired) electrons. The van der Waals surface area contributed by atoms with Crippen LogP contribution in [0.4, 0.5) is 0 Å². The van der Waals surface area contributed by atoms with Gasteiger partial charge in [-0.05, 0) is 49.9 Å². The van der Waals surface area contributed by atoms with Crippen LogP contribution in [0.25, 0.3) is 0 Å². The summed E-state index contributed by atoms with van der Waals surface area (Å²) in [6.07, 6.45) is 2.15. The Bertz CT molecular complexity index is 505. The van der Waals surface area contributed by atoms with Gasteiger partial charge in [-0.15, -0.1) is 0 Å². The lowest BCUT2D eigenvalue weighted by atomic mass is 10.00. The van der Waals surface area contributed by atoms with E-state index in [4.69, 9.17) is 10.5 Å². The van der Waals surface area contributed by atoms with Crippen molar-refractivity contribution in [1.29, 1.82) is 0 Å². The molecule has 1 atom stereocenters. The van der Waals surface area contributed by atoms with E-state index >= 15 is 0 Å². The molecule has 2 heteroatoms. The molecule has 0 heterocycles. The van der Waals surface area contributed by atoms with E-state index in [-0.39, 0.29) is 12.1 Å². The van der Waals surface area contributed by atoms with Crippen LogP contribution in [-0.4, -0.2) is 6.10 Å². The minimum Gasteiger partial charge on any atom is -0.491 e. The standard InChI is InChI=1S/C18H23NO/c1-14(2)20-17-11-8-15(9-12-17)10-13-18(19)16-6-4-3-5-7-16/h3-9,11-12,14,18H,10,13,19H2,1-2H3. The SMILES string of the molecule is CC(C)Oc1ccc(CCC(N)c2ccccc2)cc1. The second-order valence-electron chi connectivity index (χ2n) is 5.37. The van der Waals surface area contributed by atoms with E-state index in [1.165, 1.54) is 11.1 Å². The van der Waals surface area contributed by atoms with Crippen LogP contribution in [0, 0.1) is 0 Å². The van der Waals surface area contributed by atoms with E-state index in [2.05, 4.69) is 24.3 Å². The highest BCUT2D eigenvalue weighted by Crippen LogP contribution is 2.19. The molecule has 0 aromatic heterocycles. The first-order valence-electron chi connectivity index (χ1n) is 7.21. The first-order valence-corrected chi connectivity index (χ1v) is 7.21. The van der Waals surface area contributed by atoms with Gasteiger partial charge in [-0.3, -0.25) is 0 Å². The van der Waals surface area contributed by atoms with E-state index in [0.717, 1.165) is 18.6 Å². The lowest BCUT2D eigenvalue weighted by Gasteiger charge is -2.13. The monoisotopic (exact) mass is 269 g/mol. The summed E-state index contributed by atoms with van der Waals surface area (Å²) in [5.74, 6) is 0.927. The van der Waals surface area contributed by atoms with Gasteiger partial charge in [0.15, 0.2) is 0 Å². The molecule has 0 amide bonds. The highest BCUT2D eigenvalue weighted by molar-refractivity contribution is 5.28. The number of rotatable bonds is 6. The van der Waals surface area contributed by atoms with Crippen molar-refractivity contribution in [2.24, 2.45) is 5.73 Å². The Balaban J connectivity index is 1.88. The maximum absolute atomic E-state index is 6.21. The Morgan fingerprint density at radius 2 is 1.60 bits per heavy atom. The summed E-state index contributed by atoms with van der Waals surface area (Å²) in [5, 5.41) is 0. The molecule has 0 aliphatic heterocycles. The number of nitrogens with two attached hydrogens (primary N) is 1. The molecule has 1 unspecified atom stereocenters. The fourth-order valence-electron chi connectivity index (χ4n) is 2.20. The van der Waals surface area contributed by atoms with Gasteiger partial charge in [0.25, 0.3) is 0 Å². The van der Waals surface area contributed by atoms with Crippen LogP contribution in [0.3, 0.4) is 0 Å². The molecular formula is C18H23NO. The third-order valence-electron chi connectivity index (χ3n) is 3.27. The Kier molecular flexibility index (Phi) is 5.19. The van der Waals surface area contributed by atoms with E-state index in [1.807, 2.05) is 44.2 Å². The number of hydrogen-bond donors (Lipinski definition) is 1. The van der Waals surface area contributed by atoms with Gasteiger partial charge in [0, 0.05) is 6.04 Å². The topological polar surface area (TPSA) is 35.2 Å². The minimum atomic E-state index is 0.0998. The largest absolute Gasteiger partial charge is 0.491 e. The number of hydrogen-bond acceptors (Lipinski definition) is 2. The first kappa shape index (κ1) is 14.6. The molecule has 106 valence electrons. The molecule has 0 saturated carbocycles. The van der Waals surface area contributed by atoms with E-state index < -0.39 is 0 Å². The highest BCUT2D eigenvalue weighted by atomic mass is 16.5. The van der Waals surface area contributed by atoms with Crippen LogP contribution >= 0.6 is 0 Å². The Morgan fingerprint density at radius 1 is 0.950 bits per heavy atom. The number of benzene rings is 2. The zero-order valence-corrected chi connectivity index (χ0v) is 12.3. The lowest BCUT2D eigenvalue weighted by Crippen LogP contribution is -2.11. The Labute approximate surface area is 121 Å². The van der Waals surface area contributed by atoms with Crippen LogP contribution in [0.5, 0.6) is 5.75 Å². The predicted octanol–water partition coefficient (Wildman–Crippen LogP) is 4.11. The Hall–Kier alpha value is -1.80. The zero-order valence-electron chi connectivity index (χ0n) is 12.3. The molecule has 2 aromatic carbocycles. The van der Waals surface area contributed by atoms with Crippen LogP contribution < -0.4 is 10.5 Å². The van der Waals surface area contributed by atoms with E-state index in [9.17, 15) is 0 Å². The van der Waals surface area contributed by atoms with Crippen molar-refractivity contribution in [3.05, 3.63) is 65.7 Å². The van der Waals surface area contributed by atoms with Crippen molar-refractivity contribution in [2.45, 2.75) is 38.8 Å². The van der Waals surface area contributed by atoms with Gasteiger partial charge in [0.2, 0.25) is 0 Å². The molecule has 0 spiro atoms. The zero-order chi connectivity index (χ0) is 14.4. The smallest absolute Gasteiger partial charge is 0.119 e. The minimum absolute atomic E-state index is 0.0998. The molecule has 20 heavy (non-hydrogen) atoms. The summed E-state index contributed by atoms with van der Waals surface area (Å²) < 4.78 is 5.64. The summed E-state index contributed by atoms with van der Waals surface area (Å²) in [6, 6.07) is 18.7. The normalized spacial score (nSPS) is 12.4. The Morgan fingerprint density at radius 3 is 2.20 bits per heavy atom. The maximum atomic E-state index is 6.21. The summed E-state index contributed by atoms with van der Waals surface area (Å²) in [6.45, 7) is 4.07. The van der Waals surface area contributed by atoms with Crippen molar-refractivity contribution < 1.29 is 4.74 Å². The molecule has 2 aromatic rings. The molecule has 2 N–H and O–H groups in total. The molecule has 0 aliphatic rings. The van der Waals surface area contributed by atoms with Gasteiger partial charge in [-0.25, -0.2) is 0 Å². The summed E-state index contributed by atoms with van der Waals surface area (Å²) in [7, 11) is 0. The predicted molar refractivity (Wildman–Crippen MR) is 83.9 cm³/mol. The second kappa shape index (κ2) is 7.11. The average molecular weight is 269 g/mol. The maximum Gasteiger partial charge on any atom is 0.119 e. The molecule has 0 saturated heterocycles. The van der Waals surface area contributed by atoms with Gasteiger partial charge in [0.1, 0.15) is 5.75 Å². The van der Waals surface area contributed by atoms with Gasteiger partial charge < -0.3 is 10.5 Å². The molecule has 2 rings (SSSR count). The fourth-order valence-corrected chi connectivity index (χ4v) is 2.20. The van der Waals surface area contributed by atoms with Gasteiger partial charge in [-0.1, -0.05) is 42.5 Å². The van der Waals surface area contributed by atoms with Crippen molar-refractivity contribution in [2.75, 3.05) is 0 Å². The molecule has 0 bridgehead atoms. The van der Waals surface area contributed by atoms with E-state index in [1.54, 1.807) is 0 Å². The fraction of sp³-hybridized carbons (Fsp3) is 0.333. The average Bonchev–Trinajstić information content (AvgIpc) is 2.46. The van der Waals surface area contributed by atoms with Crippen molar-refractivity contribution in [3.8, 4) is 5.75 Å². The van der Waals surface area contributed by atoms with Gasteiger partial charge >= 0.3 is 0 Å². The molecule has 2 nitrogen and oxygen atoms in total. The third-order valence-corrected chi connectivity index (χ3v) is 3.27. The molecule has 0 fully saturated rings. The highest BCUT2D eigenvalue weighted by Gasteiger charge is 2.06. The third kappa shape index (κ3) is 4.39. The number of ether oxygens (including phenoxy) is 1. The van der Waals surface area contributed by atoms with Crippen LogP contribution in [0.2, 0.25) is 0 Å². The van der Waals surface area contributed by atoms with Crippen molar-refractivity contribution in [1.82, 2.24) is 0 Å². The molecule has 0 aliphatic carbocycles. The second-order valence-corrected chi connectivity index (χ2v) is 5.37. The van der Waals surface area contributed by atoms with Crippen LogP contribution in [0.15, 0.2) is 54.6 Å². The van der Waals surface area contributed by atoms with Gasteiger partial charge in [-0.2, -0.15) is 0 Å². The molecular weight excluding hydrogens is 246 g/mol. The van der Waals surface area contributed by atoms with Crippen LogP contribution in [-0.2, 0) is 6.42 Å². The first-order chi connectivity index (χ1) is 9.65. The number of aryl methyl sites for hydroxylation is 1. The summed E-state index contributed by atoms with van der Waals surface area (Å²) >= 11 is 0.